The molecule has 98 valence electrons. The van der Waals surface area contributed by atoms with Crippen LogP contribution in [0.3, 0.4) is 0 Å². The number of carbonyl (C=O) groups excluding carboxylic acids is 1. The van der Waals surface area contributed by atoms with Crippen LogP contribution in [0.4, 0.5) is 0 Å². The summed E-state index contributed by atoms with van der Waals surface area (Å²) in [6.45, 7) is 5.90. The van der Waals surface area contributed by atoms with E-state index in [1.165, 1.54) is 11.1 Å². The minimum Gasteiger partial charge on any atom is -0.355 e. The van der Waals surface area contributed by atoms with E-state index >= 15 is 0 Å². The van der Waals surface area contributed by atoms with Gasteiger partial charge < -0.3 is 10.6 Å². The highest BCUT2D eigenvalue weighted by Crippen LogP contribution is 2.16. The first-order valence-electron chi connectivity index (χ1n) is 6.74. The molecule has 18 heavy (non-hydrogen) atoms. The lowest BCUT2D eigenvalue weighted by atomic mass is 9.95. The summed E-state index contributed by atoms with van der Waals surface area (Å²) in [4.78, 5) is 12.0. The van der Waals surface area contributed by atoms with Crippen molar-refractivity contribution in [3.05, 3.63) is 35.4 Å². The summed E-state index contributed by atoms with van der Waals surface area (Å²) < 4.78 is 0. The van der Waals surface area contributed by atoms with Crippen molar-refractivity contribution < 1.29 is 4.79 Å². The van der Waals surface area contributed by atoms with Crippen molar-refractivity contribution in [3.63, 3.8) is 0 Å². The van der Waals surface area contributed by atoms with Gasteiger partial charge in [0.25, 0.3) is 0 Å². The van der Waals surface area contributed by atoms with Gasteiger partial charge in [-0.25, -0.2) is 0 Å². The summed E-state index contributed by atoms with van der Waals surface area (Å²) in [5, 5.41) is 6.31. The number of nitrogens with one attached hydrogen (secondary N) is 2. The zero-order valence-electron chi connectivity index (χ0n) is 11.2. The maximum Gasteiger partial charge on any atom is 0.237 e. The largest absolute Gasteiger partial charge is 0.355 e. The fraction of sp³-hybridized carbons (Fsp3) is 0.533. The van der Waals surface area contributed by atoms with E-state index in [9.17, 15) is 4.79 Å². The average molecular weight is 246 g/mol. The average Bonchev–Trinajstić information content (AvgIpc) is 2.37. The summed E-state index contributed by atoms with van der Waals surface area (Å²) in [6.07, 6.45) is 1.83. The molecule has 2 rings (SSSR count). The second kappa shape index (κ2) is 6.01. The van der Waals surface area contributed by atoms with Crippen LogP contribution < -0.4 is 10.6 Å². The van der Waals surface area contributed by atoms with Crippen molar-refractivity contribution in [2.45, 2.75) is 39.3 Å². The Morgan fingerprint density at radius 1 is 1.39 bits per heavy atom. The third-order valence-electron chi connectivity index (χ3n) is 3.42. The predicted molar refractivity (Wildman–Crippen MR) is 73.2 cm³/mol. The van der Waals surface area contributed by atoms with Crippen molar-refractivity contribution in [1.29, 1.82) is 0 Å². The van der Waals surface area contributed by atoms with Crippen molar-refractivity contribution in [2.24, 2.45) is 5.92 Å². The molecule has 0 aromatic heterocycles. The van der Waals surface area contributed by atoms with E-state index in [-0.39, 0.29) is 11.9 Å². The van der Waals surface area contributed by atoms with Gasteiger partial charge in [0.1, 0.15) is 0 Å². The number of benzene rings is 1. The zero-order chi connectivity index (χ0) is 13.0. The van der Waals surface area contributed by atoms with Crippen LogP contribution in [0.2, 0.25) is 0 Å². The van der Waals surface area contributed by atoms with Crippen LogP contribution >= 0.6 is 0 Å². The Bertz CT molecular complexity index is 415. The SMILES string of the molecule is CC(C)CCNC(=O)[C@H]1Cc2ccccc2CN1. The number of amides is 1. The second-order valence-corrected chi connectivity index (χ2v) is 5.38. The quantitative estimate of drug-likeness (QED) is 0.851. The summed E-state index contributed by atoms with van der Waals surface area (Å²) in [7, 11) is 0. The summed E-state index contributed by atoms with van der Waals surface area (Å²) in [6, 6.07) is 8.24. The maximum absolute atomic E-state index is 12.0. The van der Waals surface area contributed by atoms with Gasteiger partial charge in [0.2, 0.25) is 5.91 Å². The van der Waals surface area contributed by atoms with Gasteiger partial charge in [-0.1, -0.05) is 38.1 Å². The van der Waals surface area contributed by atoms with Crippen LogP contribution in [-0.2, 0) is 17.8 Å². The van der Waals surface area contributed by atoms with Gasteiger partial charge in [0.15, 0.2) is 0 Å². The zero-order valence-corrected chi connectivity index (χ0v) is 11.2. The summed E-state index contributed by atoms with van der Waals surface area (Å²) >= 11 is 0. The van der Waals surface area contributed by atoms with E-state index in [0.717, 1.165) is 25.9 Å². The molecule has 1 aromatic carbocycles. The van der Waals surface area contributed by atoms with E-state index in [1.807, 2.05) is 12.1 Å². The molecule has 1 amide bonds. The van der Waals surface area contributed by atoms with Gasteiger partial charge in [-0.15, -0.1) is 0 Å². The molecule has 0 saturated carbocycles. The van der Waals surface area contributed by atoms with E-state index in [4.69, 9.17) is 0 Å². The summed E-state index contributed by atoms with van der Waals surface area (Å²) in [5.74, 6) is 0.760. The van der Waals surface area contributed by atoms with Crippen LogP contribution in [-0.4, -0.2) is 18.5 Å². The van der Waals surface area contributed by atoms with Crippen LogP contribution in [0.15, 0.2) is 24.3 Å². The second-order valence-electron chi connectivity index (χ2n) is 5.38. The first-order chi connectivity index (χ1) is 8.66. The number of rotatable bonds is 4. The Balaban J connectivity index is 1.87. The first-order valence-corrected chi connectivity index (χ1v) is 6.74. The topological polar surface area (TPSA) is 41.1 Å². The number of carbonyl (C=O) groups is 1. The Morgan fingerprint density at radius 2 is 2.11 bits per heavy atom. The van der Waals surface area contributed by atoms with Crippen LogP contribution in [0.5, 0.6) is 0 Å². The standard InChI is InChI=1S/C15H22N2O/c1-11(2)7-8-16-15(18)14-9-12-5-3-4-6-13(12)10-17-14/h3-6,11,14,17H,7-10H2,1-2H3,(H,16,18)/t14-/m1/s1. The predicted octanol–water partition coefficient (Wildman–Crippen LogP) is 1.86. The molecule has 0 aliphatic carbocycles. The number of hydrogen-bond acceptors (Lipinski definition) is 2. The van der Waals surface area contributed by atoms with Gasteiger partial charge in [0, 0.05) is 13.1 Å². The fourth-order valence-corrected chi connectivity index (χ4v) is 2.25. The van der Waals surface area contributed by atoms with Gasteiger partial charge in [-0.3, -0.25) is 4.79 Å². The highest BCUT2D eigenvalue weighted by atomic mass is 16.2. The van der Waals surface area contributed by atoms with Crippen LogP contribution in [0, 0.1) is 5.92 Å². The first kappa shape index (κ1) is 13.1. The van der Waals surface area contributed by atoms with E-state index in [2.05, 4.69) is 36.6 Å². The molecule has 1 aliphatic heterocycles. The van der Waals surface area contributed by atoms with Crippen LogP contribution in [0.1, 0.15) is 31.4 Å². The van der Waals surface area contributed by atoms with E-state index in [0.29, 0.717) is 5.92 Å². The molecule has 2 N–H and O–H groups in total. The minimum absolute atomic E-state index is 0.0768. The van der Waals surface area contributed by atoms with Crippen molar-refractivity contribution in [2.75, 3.05) is 6.54 Å². The lowest BCUT2D eigenvalue weighted by Crippen LogP contribution is -2.47. The third-order valence-corrected chi connectivity index (χ3v) is 3.42. The Kier molecular flexibility index (Phi) is 4.37. The molecule has 0 unspecified atom stereocenters. The molecule has 3 heteroatoms. The van der Waals surface area contributed by atoms with Gasteiger partial charge in [0.05, 0.1) is 6.04 Å². The molecular formula is C15H22N2O. The molecule has 3 nitrogen and oxygen atoms in total. The lowest BCUT2D eigenvalue weighted by molar-refractivity contribution is -0.123. The fourth-order valence-electron chi connectivity index (χ4n) is 2.25. The molecule has 0 spiro atoms. The maximum atomic E-state index is 12.0. The van der Waals surface area contributed by atoms with E-state index < -0.39 is 0 Å². The van der Waals surface area contributed by atoms with Gasteiger partial charge in [-0.2, -0.15) is 0 Å². The molecule has 0 fully saturated rings. The van der Waals surface area contributed by atoms with Crippen LogP contribution in [0.25, 0.3) is 0 Å². The Morgan fingerprint density at radius 3 is 2.83 bits per heavy atom. The monoisotopic (exact) mass is 246 g/mol. The van der Waals surface area contributed by atoms with Gasteiger partial charge in [-0.05, 0) is 29.9 Å². The normalized spacial score (nSPS) is 18.5. The molecular weight excluding hydrogens is 224 g/mol. The minimum atomic E-state index is -0.0768. The number of fused-ring (bicyclic) bond motifs is 1. The molecule has 0 saturated heterocycles. The third kappa shape index (κ3) is 3.33. The van der Waals surface area contributed by atoms with Gasteiger partial charge >= 0.3 is 0 Å². The smallest absolute Gasteiger partial charge is 0.237 e. The van der Waals surface area contributed by atoms with E-state index in [1.54, 1.807) is 0 Å². The van der Waals surface area contributed by atoms with Crippen molar-refractivity contribution in [3.8, 4) is 0 Å². The molecule has 1 atom stereocenters. The molecule has 0 radical (unpaired) electrons. The molecule has 0 bridgehead atoms. The highest BCUT2D eigenvalue weighted by molar-refractivity contribution is 5.82. The van der Waals surface area contributed by atoms with Crippen molar-refractivity contribution >= 4 is 5.91 Å². The molecule has 1 aromatic rings. The highest BCUT2D eigenvalue weighted by Gasteiger charge is 2.23. The summed E-state index contributed by atoms with van der Waals surface area (Å²) in [5.41, 5.74) is 2.60. The number of hydrogen-bond donors (Lipinski definition) is 2. The lowest BCUT2D eigenvalue weighted by Gasteiger charge is -2.25. The molecule has 1 aliphatic rings. The Hall–Kier alpha value is -1.35. The van der Waals surface area contributed by atoms with Crippen molar-refractivity contribution in [1.82, 2.24) is 10.6 Å². The Labute approximate surface area is 109 Å². The molecule has 1 heterocycles.